The number of amides is 1. The molecule has 1 amide bonds. The van der Waals surface area contributed by atoms with E-state index in [1.165, 1.54) is 24.3 Å². The van der Waals surface area contributed by atoms with Gasteiger partial charge in [-0.05, 0) is 47.9 Å². The van der Waals surface area contributed by atoms with Crippen molar-refractivity contribution in [2.45, 2.75) is 32.5 Å². The highest BCUT2D eigenvalue weighted by molar-refractivity contribution is 6.16. The monoisotopic (exact) mass is 419 g/mol. The predicted molar refractivity (Wildman–Crippen MR) is 104 cm³/mol. The van der Waals surface area contributed by atoms with Crippen LogP contribution < -0.4 is 4.90 Å². The Morgan fingerprint density at radius 1 is 1.03 bits per heavy atom. The SMILES string of the molecule is CC(C)CC(=O)C1=C(O)C(=O)N(c2ccc(C(F)(F)F)cc2)C1c1ccc(O)cc1. The van der Waals surface area contributed by atoms with Gasteiger partial charge in [-0.25, -0.2) is 0 Å². The van der Waals surface area contributed by atoms with E-state index in [-0.39, 0.29) is 29.3 Å². The Balaban J connectivity index is 2.11. The molecule has 0 spiro atoms. The molecule has 0 saturated carbocycles. The fourth-order valence-electron chi connectivity index (χ4n) is 3.42. The van der Waals surface area contributed by atoms with Gasteiger partial charge in [0.25, 0.3) is 5.91 Å². The van der Waals surface area contributed by atoms with Crippen molar-refractivity contribution in [1.82, 2.24) is 0 Å². The normalized spacial score (nSPS) is 17.2. The van der Waals surface area contributed by atoms with Crippen LogP contribution in [0.2, 0.25) is 0 Å². The number of Topliss-reactive ketones (excluding diaryl/α,β-unsaturated/α-hetero) is 1. The molecule has 30 heavy (non-hydrogen) atoms. The van der Waals surface area contributed by atoms with Crippen molar-refractivity contribution in [2.24, 2.45) is 5.92 Å². The highest BCUT2D eigenvalue weighted by Gasteiger charge is 2.44. The van der Waals surface area contributed by atoms with Crippen molar-refractivity contribution < 1.29 is 33.0 Å². The summed E-state index contributed by atoms with van der Waals surface area (Å²) in [6, 6.07) is 8.60. The second-order valence-corrected chi connectivity index (χ2v) is 7.50. The van der Waals surface area contributed by atoms with E-state index in [1.807, 2.05) is 13.8 Å². The van der Waals surface area contributed by atoms with E-state index in [0.717, 1.165) is 29.2 Å². The molecule has 0 saturated heterocycles. The molecule has 0 bridgehead atoms. The van der Waals surface area contributed by atoms with E-state index in [1.54, 1.807) is 0 Å². The second-order valence-electron chi connectivity index (χ2n) is 7.50. The Kier molecular flexibility index (Phi) is 5.61. The number of aromatic hydroxyl groups is 1. The molecule has 1 aliphatic rings. The van der Waals surface area contributed by atoms with Crippen LogP contribution in [0.4, 0.5) is 18.9 Å². The first-order valence-corrected chi connectivity index (χ1v) is 9.26. The van der Waals surface area contributed by atoms with Crippen LogP contribution in [-0.4, -0.2) is 21.9 Å². The van der Waals surface area contributed by atoms with E-state index in [2.05, 4.69) is 0 Å². The number of phenols is 1. The first-order valence-electron chi connectivity index (χ1n) is 9.26. The number of carbonyl (C=O) groups excluding carboxylic acids is 2. The molecule has 1 heterocycles. The molecule has 158 valence electrons. The molecule has 0 aromatic heterocycles. The molecule has 1 unspecified atom stereocenters. The average molecular weight is 419 g/mol. The molecular weight excluding hydrogens is 399 g/mol. The smallest absolute Gasteiger partial charge is 0.416 e. The maximum Gasteiger partial charge on any atom is 0.416 e. The lowest BCUT2D eigenvalue weighted by Gasteiger charge is -2.27. The van der Waals surface area contributed by atoms with Crippen LogP contribution in [0.5, 0.6) is 5.75 Å². The molecule has 5 nitrogen and oxygen atoms in total. The van der Waals surface area contributed by atoms with Gasteiger partial charge in [-0.1, -0.05) is 26.0 Å². The number of rotatable bonds is 5. The number of aliphatic hydroxyl groups is 1. The Morgan fingerprint density at radius 3 is 2.10 bits per heavy atom. The van der Waals surface area contributed by atoms with Crippen LogP contribution >= 0.6 is 0 Å². The molecule has 0 aliphatic carbocycles. The van der Waals surface area contributed by atoms with Crippen LogP contribution in [0.15, 0.2) is 59.9 Å². The topological polar surface area (TPSA) is 77.8 Å². The number of phenolic OH excluding ortho intramolecular Hbond substituents is 1. The van der Waals surface area contributed by atoms with Crippen LogP contribution in [0.25, 0.3) is 0 Å². The number of halogens is 3. The lowest BCUT2D eigenvalue weighted by molar-refractivity contribution is -0.137. The van der Waals surface area contributed by atoms with Gasteiger partial charge in [0.1, 0.15) is 5.75 Å². The van der Waals surface area contributed by atoms with Crippen molar-refractivity contribution >= 4 is 17.4 Å². The minimum absolute atomic E-state index is 0.0338. The van der Waals surface area contributed by atoms with Crippen molar-refractivity contribution in [2.75, 3.05) is 4.90 Å². The summed E-state index contributed by atoms with van der Waals surface area (Å²) in [7, 11) is 0. The summed E-state index contributed by atoms with van der Waals surface area (Å²) in [5.74, 6) is -2.09. The van der Waals surface area contributed by atoms with Gasteiger partial charge in [-0.3, -0.25) is 14.5 Å². The van der Waals surface area contributed by atoms with Crippen molar-refractivity contribution in [3.8, 4) is 5.75 Å². The number of hydrogen-bond acceptors (Lipinski definition) is 4. The van der Waals surface area contributed by atoms with E-state index in [0.29, 0.717) is 5.56 Å². The molecule has 8 heteroatoms. The molecule has 2 aromatic rings. The maximum atomic E-state index is 12.9. The molecule has 1 aliphatic heterocycles. The Bertz CT molecular complexity index is 993. The summed E-state index contributed by atoms with van der Waals surface area (Å²) in [6.45, 7) is 3.63. The summed E-state index contributed by atoms with van der Waals surface area (Å²) in [5, 5.41) is 20.1. The first-order chi connectivity index (χ1) is 14.0. The van der Waals surface area contributed by atoms with Gasteiger partial charge in [0.15, 0.2) is 11.5 Å². The number of hydrogen-bond donors (Lipinski definition) is 2. The van der Waals surface area contributed by atoms with Gasteiger partial charge in [-0.2, -0.15) is 13.2 Å². The maximum absolute atomic E-state index is 12.9. The van der Waals surface area contributed by atoms with Gasteiger partial charge in [0.2, 0.25) is 0 Å². The molecular formula is C22H20F3NO4. The number of ketones is 1. The van der Waals surface area contributed by atoms with E-state index >= 15 is 0 Å². The Hall–Kier alpha value is -3.29. The zero-order valence-electron chi connectivity index (χ0n) is 16.3. The van der Waals surface area contributed by atoms with Gasteiger partial charge in [0, 0.05) is 12.1 Å². The number of alkyl halides is 3. The standard InChI is InChI=1S/C22H20F3NO4/c1-12(2)11-17(28)18-19(13-3-9-16(27)10-4-13)26(21(30)20(18)29)15-7-5-14(6-8-15)22(23,24)25/h3-10,12,19,27,29H,11H2,1-2H3. The number of nitrogens with zero attached hydrogens (tertiary/aromatic N) is 1. The van der Waals surface area contributed by atoms with E-state index in [4.69, 9.17) is 0 Å². The summed E-state index contributed by atoms with van der Waals surface area (Å²) in [5.41, 5.74) is -0.464. The van der Waals surface area contributed by atoms with Gasteiger partial charge in [-0.15, -0.1) is 0 Å². The number of benzene rings is 2. The van der Waals surface area contributed by atoms with E-state index in [9.17, 15) is 33.0 Å². The fraction of sp³-hybridized carbons (Fsp3) is 0.273. The Labute approximate surface area is 171 Å². The van der Waals surface area contributed by atoms with Crippen molar-refractivity contribution in [3.63, 3.8) is 0 Å². The lowest BCUT2D eigenvalue weighted by atomic mass is 9.92. The molecule has 0 fully saturated rings. The number of aliphatic hydroxyl groups excluding tert-OH is 1. The lowest BCUT2D eigenvalue weighted by Crippen LogP contribution is -2.31. The van der Waals surface area contributed by atoms with Crippen LogP contribution in [0, 0.1) is 5.92 Å². The quantitative estimate of drug-likeness (QED) is 0.721. The average Bonchev–Trinajstić information content (AvgIpc) is 2.92. The summed E-state index contributed by atoms with van der Waals surface area (Å²) >= 11 is 0. The molecule has 2 N–H and O–H groups in total. The minimum Gasteiger partial charge on any atom is -0.508 e. The molecule has 3 rings (SSSR count). The van der Waals surface area contributed by atoms with Gasteiger partial charge >= 0.3 is 6.18 Å². The largest absolute Gasteiger partial charge is 0.508 e. The van der Waals surface area contributed by atoms with Crippen LogP contribution in [-0.2, 0) is 15.8 Å². The molecule has 0 radical (unpaired) electrons. The van der Waals surface area contributed by atoms with Crippen LogP contribution in [0.1, 0.15) is 37.4 Å². The minimum atomic E-state index is -4.54. The van der Waals surface area contributed by atoms with E-state index < -0.39 is 35.2 Å². The zero-order chi connectivity index (χ0) is 22.2. The van der Waals surface area contributed by atoms with Crippen molar-refractivity contribution in [1.29, 1.82) is 0 Å². The first kappa shape index (κ1) is 21.4. The molecule has 1 atom stereocenters. The summed E-state index contributed by atoms with van der Waals surface area (Å²) < 4.78 is 38.7. The third-order valence-electron chi connectivity index (χ3n) is 4.78. The zero-order valence-corrected chi connectivity index (χ0v) is 16.3. The number of carbonyl (C=O) groups is 2. The number of anilines is 1. The van der Waals surface area contributed by atoms with Gasteiger partial charge in [0.05, 0.1) is 17.2 Å². The summed E-state index contributed by atoms with van der Waals surface area (Å²) in [4.78, 5) is 26.8. The second kappa shape index (κ2) is 7.85. The summed E-state index contributed by atoms with van der Waals surface area (Å²) in [6.07, 6.45) is -4.45. The molecule has 2 aromatic carbocycles. The Morgan fingerprint density at radius 2 is 1.60 bits per heavy atom. The predicted octanol–water partition coefficient (Wildman–Crippen LogP) is 4.93. The fourth-order valence-corrected chi connectivity index (χ4v) is 3.42. The van der Waals surface area contributed by atoms with Crippen molar-refractivity contribution in [3.05, 3.63) is 71.0 Å². The van der Waals surface area contributed by atoms with Gasteiger partial charge < -0.3 is 10.2 Å². The third-order valence-corrected chi connectivity index (χ3v) is 4.78. The third kappa shape index (κ3) is 4.03. The van der Waals surface area contributed by atoms with Crippen LogP contribution in [0.3, 0.4) is 0 Å². The highest BCUT2D eigenvalue weighted by Crippen LogP contribution is 2.42. The highest BCUT2D eigenvalue weighted by atomic mass is 19.4.